The number of hydrogen-bond acceptors (Lipinski definition) is 4. The van der Waals surface area contributed by atoms with Gasteiger partial charge in [0, 0.05) is 5.69 Å². The summed E-state index contributed by atoms with van der Waals surface area (Å²) in [6.45, 7) is 2.04. The highest BCUT2D eigenvalue weighted by molar-refractivity contribution is 7.99. The number of amides is 1. The molecule has 0 radical (unpaired) electrons. The fraction of sp³-hybridized carbons (Fsp3) is 0.0952. The SMILES string of the molecule is Cc1ccccc1-n1cnnc1SCC(=O)Nc1ccc2ccccc2c1. The van der Waals surface area contributed by atoms with Crippen LogP contribution >= 0.6 is 11.8 Å². The minimum atomic E-state index is -0.0744. The molecule has 0 atom stereocenters. The van der Waals surface area contributed by atoms with Gasteiger partial charge in [-0.2, -0.15) is 0 Å². The summed E-state index contributed by atoms with van der Waals surface area (Å²) in [6.07, 6.45) is 1.67. The number of carbonyl (C=O) groups excluding carboxylic acids is 1. The maximum atomic E-state index is 12.4. The summed E-state index contributed by atoms with van der Waals surface area (Å²) in [5.41, 5.74) is 2.93. The molecule has 4 aromatic rings. The number of para-hydroxylation sites is 1. The third kappa shape index (κ3) is 3.85. The number of rotatable bonds is 5. The van der Waals surface area contributed by atoms with Gasteiger partial charge in [0.2, 0.25) is 5.91 Å². The molecule has 6 heteroatoms. The van der Waals surface area contributed by atoms with Crippen LogP contribution in [0.3, 0.4) is 0 Å². The highest BCUT2D eigenvalue weighted by atomic mass is 32.2. The lowest BCUT2D eigenvalue weighted by atomic mass is 10.1. The molecule has 0 fully saturated rings. The van der Waals surface area contributed by atoms with Crippen molar-refractivity contribution < 1.29 is 4.79 Å². The Hall–Kier alpha value is -3.12. The monoisotopic (exact) mass is 374 g/mol. The Kier molecular flexibility index (Phi) is 4.89. The van der Waals surface area contributed by atoms with Crippen molar-refractivity contribution in [3.8, 4) is 5.69 Å². The van der Waals surface area contributed by atoms with E-state index in [1.54, 1.807) is 6.33 Å². The second-order valence-corrected chi connectivity index (χ2v) is 7.11. The number of nitrogens with zero attached hydrogens (tertiary/aromatic N) is 3. The van der Waals surface area contributed by atoms with E-state index < -0.39 is 0 Å². The Labute approximate surface area is 161 Å². The molecule has 3 aromatic carbocycles. The van der Waals surface area contributed by atoms with E-state index >= 15 is 0 Å². The van der Waals surface area contributed by atoms with Crippen LogP contribution in [0, 0.1) is 6.92 Å². The van der Waals surface area contributed by atoms with Crippen LogP contribution in [0.15, 0.2) is 78.2 Å². The summed E-state index contributed by atoms with van der Waals surface area (Å²) < 4.78 is 1.91. The van der Waals surface area contributed by atoms with Gasteiger partial charge in [0.15, 0.2) is 5.16 Å². The number of aryl methyl sites for hydroxylation is 1. The molecule has 0 aliphatic carbocycles. The van der Waals surface area contributed by atoms with Crippen LogP contribution in [0.1, 0.15) is 5.56 Å². The molecule has 1 N–H and O–H groups in total. The minimum absolute atomic E-state index is 0.0744. The van der Waals surface area contributed by atoms with E-state index in [0.717, 1.165) is 27.7 Å². The molecule has 1 amide bonds. The van der Waals surface area contributed by atoms with Gasteiger partial charge >= 0.3 is 0 Å². The zero-order valence-corrected chi connectivity index (χ0v) is 15.6. The van der Waals surface area contributed by atoms with Crippen molar-refractivity contribution in [2.45, 2.75) is 12.1 Å². The topological polar surface area (TPSA) is 59.8 Å². The van der Waals surface area contributed by atoms with Gasteiger partial charge < -0.3 is 5.32 Å². The molecule has 0 bridgehead atoms. The van der Waals surface area contributed by atoms with Gasteiger partial charge in [-0.15, -0.1) is 10.2 Å². The molecule has 4 rings (SSSR count). The van der Waals surface area contributed by atoms with Gasteiger partial charge in [0.1, 0.15) is 6.33 Å². The van der Waals surface area contributed by atoms with Crippen LogP contribution in [-0.4, -0.2) is 26.4 Å². The lowest BCUT2D eigenvalue weighted by Crippen LogP contribution is -2.14. The lowest BCUT2D eigenvalue weighted by Gasteiger charge is -2.09. The summed E-state index contributed by atoms with van der Waals surface area (Å²) in [5, 5.41) is 14.0. The Morgan fingerprint density at radius 3 is 2.67 bits per heavy atom. The van der Waals surface area contributed by atoms with E-state index in [4.69, 9.17) is 0 Å². The Bertz CT molecular complexity index is 1110. The molecule has 1 heterocycles. The highest BCUT2D eigenvalue weighted by Gasteiger charge is 2.11. The first kappa shape index (κ1) is 17.3. The molecule has 1 aromatic heterocycles. The molecular weight excluding hydrogens is 356 g/mol. The van der Waals surface area contributed by atoms with Crippen molar-refractivity contribution >= 4 is 34.1 Å². The van der Waals surface area contributed by atoms with Crippen molar-refractivity contribution in [1.29, 1.82) is 0 Å². The van der Waals surface area contributed by atoms with Gasteiger partial charge in [-0.05, 0) is 41.5 Å². The molecule has 5 nitrogen and oxygen atoms in total. The largest absolute Gasteiger partial charge is 0.325 e. The van der Waals surface area contributed by atoms with Crippen molar-refractivity contribution in [2.75, 3.05) is 11.1 Å². The number of carbonyl (C=O) groups is 1. The third-order valence-corrected chi connectivity index (χ3v) is 5.20. The van der Waals surface area contributed by atoms with Crippen LogP contribution in [0.2, 0.25) is 0 Å². The zero-order valence-electron chi connectivity index (χ0n) is 14.8. The molecular formula is C21H18N4OS. The molecule has 0 saturated heterocycles. The number of nitrogens with one attached hydrogen (secondary N) is 1. The van der Waals surface area contributed by atoms with Gasteiger partial charge in [0.25, 0.3) is 0 Å². The van der Waals surface area contributed by atoms with Gasteiger partial charge in [-0.25, -0.2) is 0 Å². The third-order valence-electron chi connectivity index (χ3n) is 4.26. The number of aromatic nitrogens is 3. The van der Waals surface area contributed by atoms with Gasteiger partial charge in [0.05, 0.1) is 11.4 Å². The van der Waals surface area contributed by atoms with Gasteiger partial charge in [-0.3, -0.25) is 9.36 Å². The number of fused-ring (bicyclic) bond motifs is 1. The summed E-state index contributed by atoms with van der Waals surface area (Å²) >= 11 is 1.37. The van der Waals surface area contributed by atoms with Crippen molar-refractivity contribution in [1.82, 2.24) is 14.8 Å². The molecule has 0 unspecified atom stereocenters. The van der Waals surface area contributed by atoms with Crippen LogP contribution in [0.25, 0.3) is 16.5 Å². The standard InChI is InChI=1S/C21H18N4OS/c1-15-6-2-5-9-19(15)25-14-22-24-21(25)27-13-20(26)23-18-11-10-16-7-3-4-8-17(16)12-18/h2-12,14H,13H2,1H3,(H,23,26). The maximum Gasteiger partial charge on any atom is 0.234 e. The number of thioether (sulfide) groups is 1. The number of hydrogen-bond donors (Lipinski definition) is 1. The number of benzene rings is 3. The van der Waals surface area contributed by atoms with E-state index in [1.807, 2.05) is 72.2 Å². The van der Waals surface area contributed by atoms with Crippen LogP contribution < -0.4 is 5.32 Å². The Morgan fingerprint density at radius 1 is 1.04 bits per heavy atom. The molecule has 0 saturated carbocycles. The summed E-state index contributed by atoms with van der Waals surface area (Å²) in [7, 11) is 0. The van der Waals surface area contributed by atoms with E-state index in [-0.39, 0.29) is 11.7 Å². The predicted molar refractivity (Wildman–Crippen MR) is 109 cm³/mol. The van der Waals surface area contributed by atoms with Crippen LogP contribution in [0.5, 0.6) is 0 Å². The first-order valence-electron chi connectivity index (χ1n) is 8.58. The van der Waals surface area contributed by atoms with E-state index in [9.17, 15) is 4.79 Å². The Balaban J connectivity index is 1.44. The maximum absolute atomic E-state index is 12.4. The fourth-order valence-electron chi connectivity index (χ4n) is 2.92. The first-order valence-corrected chi connectivity index (χ1v) is 9.57. The molecule has 27 heavy (non-hydrogen) atoms. The number of anilines is 1. The highest BCUT2D eigenvalue weighted by Crippen LogP contribution is 2.23. The van der Waals surface area contributed by atoms with E-state index in [0.29, 0.717) is 5.16 Å². The lowest BCUT2D eigenvalue weighted by molar-refractivity contribution is -0.113. The quantitative estimate of drug-likeness (QED) is 0.524. The van der Waals surface area contributed by atoms with E-state index in [2.05, 4.69) is 21.6 Å². The Morgan fingerprint density at radius 2 is 1.81 bits per heavy atom. The summed E-state index contributed by atoms with van der Waals surface area (Å²) in [6, 6.07) is 22.0. The minimum Gasteiger partial charge on any atom is -0.325 e. The normalized spacial score (nSPS) is 10.9. The second-order valence-electron chi connectivity index (χ2n) is 6.17. The van der Waals surface area contributed by atoms with Crippen molar-refractivity contribution in [3.63, 3.8) is 0 Å². The molecule has 0 aliphatic rings. The molecule has 134 valence electrons. The first-order chi connectivity index (χ1) is 13.2. The summed E-state index contributed by atoms with van der Waals surface area (Å²) in [5.74, 6) is 0.187. The smallest absolute Gasteiger partial charge is 0.234 e. The van der Waals surface area contributed by atoms with Crippen LogP contribution in [0.4, 0.5) is 5.69 Å². The fourth-order valence-corrected chi connectivity index (χ4v) is 3.64. The van der Waals surface area contributed by atoms with Gasteiger partial charge in [-0.1, -0.05) is 60.3 Å². The van der Waals surface area contributed by atoms with Crippen molar-refractivity contribution in [3.05, 3.63) is 78.6 Å². The van der Waals surface area contributed by atoms with E-state index in [1.165, 1.54) is 11.8 Å². The average molecular weight is 374 g/mol. The molecule has 0 spiro atoms. The van der Waals surface area contributed by atoms with Crippen molar-refractivity contribution in [2.24, 2.45) is 0 Å². The van der Waals surface area contributed by atoms with Crippen LogP contribution in [-0.2, 0) is 4.79 Å². The average Bonchev–Trinajstić information content (AvgIpc) is 3.15. The molecule has 0 aliphatic heterocycles. The zero-order chi connectivity index (χ0) is 18.6. The second kappa shape index (κ2) is 7.63. The summed E-state index contributed by atoms with van der Waals surface area (Å²) in [4.78, 5) is 12.4. The predicted octanol–water partition coefficient (Wildman–Crippen LogP) is 4.46.